The summed E-state index contributed by atoms with van der Waals surface area (Å²) in [4.78, 5) is 58.5. The number of nitrogens with one attached hydrogen (secondary N) is 3. The van der Waals surface area contributed by atoms with Crippen LogP contribution in [-0.2, 0) is 23.9 Å². The van der Waals surface area contributed by atoms with E-state index in [9.17, 15) is 24.0 Å². The molecule has 0 aliphatic carbocycles. The SMILES string of the molecule is CC(=O)Nc1ccc(NC(=O)COC(=O)c2ccc(N3NC(=O)CCC3=O)cc2)cc1. The van der Waals surface area contributed by atoms with Crippen molar-refractivity contribution in [2.24, 2.45) is 0 Å². The molecule has 1 fully saturated rings. The van der Waals surface area contributed by atoms with E-state index in [0.717, 1.165) is 5.01 Å². The summed E-state index contributed by atoms with van der Waals surface area (Å²) in [5.74, 6) is -1.96. The van der Waals surface area contributed by atoms with Gasteiger partial charge in [-0.05, 0) is 48.5 Å². The maximum Gasteiger partial charge on any atom is 0.338 e. The summed E-state index contributed by atoms with van der Waals surface area (Å²) in [6.45, 7) is 0.900. The Hall–Kier alpha value is -4.21. The number of carbonyl (C=O) groups is 5. The summed E-state index contributed by atoms with van der Waals surface area (Å²) in [5, 5.41) is 6.32. The Morgan fingerprint density at radius 1 is 0.935 bits per heavy atom. The highest BCUT2D eigenvalue weighted by Crippen LogP contribution is 2.18. The maximum absolute atomic E-state index is 12.2. The molecule has 0 unspecified atom stereocenters. The first-order valence-electron chi connectivity index (χ1n) is 9.39. The van der Waals surface area contributed by atoms with Crippen LogP contribution in [0.4, 0.5) is 17.1 Å². The van der Waals surface area contributed by atoms with Gasteiger partial charge in [-0.15, -0.1) is 0 Å². The maximum atomic E-state index is 12.2. The molecule has 10 nitrogen and oxygen atoms in total. The van der Waals surface area contributed by atoms with Crippen LogP contribution in [0.3, 0.4) is 0 Å². The molecule has 2 aromatic rings. The van der Waals surface area contributed by atoms with E-state index in [0.29, 0.717) is 17.1 Å². The Morgan fingerprint density at radius 2 is 1.55 bits per heavy atom. The topological polar surface area (TPSA) is 134 Å². The minimum absolute atomic E-state index is 0.112. The average molecular weight is 424 g/mol. The monoisotopic (exact) mass is 424 g/mol. The zero-order valence-electron chi connectivity index (χ0n) is 16.6. The standard InChI is InChI=1S/C21H20N4O6/c1-13(26)22-15-4-6-16(7-5-15)23-19(28)12-31-21(30)14-2-8-17(9-3-14)25-20(29)11-10-18(27)24-25/h2-9H,10-12H2,1H3,(H,22,26)(H,23,28)(H,24,27). The van der Waals surface area contributed by atoms with Crippen LogP contribution < -0.4 is 21.1 Å². The Balaban J connectivity index is 1.51. The zero-order valence-corrected chi connectivity index (χ0v) is 16.6. The van der Waals surface area contributed by atoms with Crippen molar-refractivity contribution in [1.82, 2.24) is 5.43 Å². The molecule has 160 valence electrons. The molecule has 1 saturated heterocycles. The van der Waals surface area contributed by atoms with Gasteiger partial charge in [0, 0.05) is 31.1 Å². The Kier molecular flexibility index (Phi) is 6.61. The first kappa shape index (κ1) is 21.5. The second-order valence-corrected chi connectivity index (χ2v) is 6.69. The first-order chi connectivity index (χ1) is 14.8. The molecule has 0 bridgehead atoms. The van der Waals surface area contributed by atoms with Gasteiger partial charge in [0.1, 0.15) is 0 Å². The predicted octanol–water partition coefficient (Wildman–Crippen LogP) is 1.60. The van der Waals surface area contributed by atoms with Gasteiger partial charge in [0.25, 0.3) is 5.91 Å². The number of nitrogens with zero attached hydrogens (tertiary/aromatic N) is 1. The molecule has 0 aromatic heterocycles. The third-order valence-corrected chi connectivity index (χ3v) is 4.24. The van der Waals surface area contributed by atoms with E-state index in [2.05, 4.69) is 16.1 Å². The average Bonchev–Trinajstić information content (AvgIpc) is 2.75. The number of rotatable bonds is 6. The number of benzene rings is 2. The molecule has 1 heterocycles. The minimum Gasteiger partial charge on any atom is -0.452 e. The van der Waals surface area contributed by atoms with Crippen LogP contribution >= 0.6 is 0 Å². The molecule has 10 heteroatoms. The molecule has 0 saturated carbocycles. The van der Waals surface area contributed by atoms with Crippen LogP contribution in [0.25, 0.3) is 0 Å². The number of esters is 1. The van der Waals surface area contributed by atoms with Crippen molar-refractivity contribution in [3.05, 3.63) is 54.1 Å². The fourth-order valence-electron chi connectivity index (χ4n) is 2.78. The van der Waals surface area contributed by atoms with E-state index in [4.69, 9.17) is 4.74 Å². The molecule has 0 spiro atoms. The smallest absolute Gasteiger partial charge is 0.338 e. The highest BCUT2D eigenvalue weighted by Gasteiger charge is 2.24. The molecule has 31 heavy (non-hydrogen) atoms. The summed E-state index contributed by atoms with van der Waals surface area (Å²) in [5.41, 5.74) is 4.13. The molecule has 1 aliphatic rings. The number of hydrogen-bond acceptors (Lipinski definition) is 6. The predicted molar refractivity (Wildman–Crippen MR) is 111 cm³/mol. The lowest BCUT2D eigenvalue weighted by Gasteiger charge is -2.27. The lowest BCUT2D eigenvalue weighted by Crippen LogP contribution is -2.50. The molecular weight excluding hydrogens is 404 g/mol. The van der Waals surface area contributed by atoms with Gasteiger partial charge >= 0.3 is 5.97 Å². The number of hydrogen-bond donors (Lipinski definition) is 3. The van der Waals surface area contributed by atoms with E-state index in [-0.39, 0.29) is 36.1 Å². The van der Waals surface area contributed by atoms with E-state index in [1.165, 1.54) is 31.2 Å². The number of carbonyl (C=O) groups excluding carboxylic acids is 5. The number of ether oxygens (including phenoxy) is 1. The van der Waals surface area contributed by atoms with E-state index in [1.54, 1.807) is 24.3 Å². The third kappa shape index (κ3) is 5.89. The van der Waals surface area contributed by atoms with Gasteiger partial charge in [0.15, 0.2) is 6.61 Å². The lowest BCUT2D eigenvalue weighted by atomic mass is 10.2. The van der Waals surface area contributed by atoms with Gasteiger partial charge in [-0.2, -0.15) is 0 Å². The quantitative estimate of drug-likeness (QED) is 0.603. The second-order valence-electron chi connectivity index (χ2n) is 6.69. The van der Waals surface area contributed by atoms with Gasteiger partial charge in [0.05, 0.1) is 11.3 Å². The number of amides is 4. The normalized spacial score (nSPS) is 13.3. The zero-order chi connectivity index (χ0) is 22.4. The van der Waals surface area contributed by atoms with E-state index >= 15 is 0 Å². The molecule has 0 radical (unpaired) electrons. The first-order valence-corrected chi connectivity index (χ1v) is 9.39. The summed E-state index contributed by atoms with van der Waals surface area (Å²) < 4.78 is 5.00. The molecule has 3 N–H and O–H groups in total. The van der Waals surface area contributed by atoms with Crippen molar-refractivity contribution >= 4 is 46.7 Å². The number of anilines is 3. The fraction of sp³-hybridized carbons (Fsp3) is 0.190. The van der Waals surface area contributed by atoms with Gasteiger partial charge < -0.3 is 15.4 Å². The van der Waals surface area contributed by atoms with Crippen LogP contribution in [-0.4, -0.2) is 36.2 Å². The molecule has 1 aliphatic heterocycles. The van der Waals surface area contributed by atoms with Crippen molar-refractivity contribution in [3.8, 4) is 0 Å². The van der Waals surface area contributed by atoms with Crippen molar-refractivity contribution in [1.29, 1.82) is 0 Å². The summed E-state index contributed by atoms with van der Waals surface area (Å²) in [7, 11) is 0. The van der Waals surface area contributed by atoms with Crippen molar-refractivity contribution in [3.63, 3.8) is 0 Å². The number of hydrazine groups is 1. The second kappa shape index (κ2) is 9.53. The Labute approximate surface area is 177 Å². The molecular formula is C21H20N4O6. The summed E-state index contributed by atoms with van der Waals surface area (Å²) >= 11 is 0. The largest absolute Gasteiger partial charge is 0.452 e. The summed E-state index contributed by atoms with van der Waals surface area (Å²) in [6, 6.07) is 12.3. The van der Waals surface area contributed by atoms with Gasteiger partial charge in [0.2, 0.25) is 17.7 Å². The summed E-state index contributed by atoms with van der Waals surface area (Å²) in [6.07, 6.45) is 0.252. The highest BCUT2D eigenvalue weighted by atomic mass is 16.5. The van der Waals surface area contributed by atoms with Crippen molar-refractivity contribution in [2.45, 2.75) is 19.8 Å². The van der Waals surface area contributed by atoms with Crippen LogP contribution in [0.15, 0.2) is 48.5 Å². The van der Waals surface area contributed by atoms with Crippen molar-refractivity contribution < 1.29 is 28.7 Å². The van der Waals surface area contributed by atoms with Crippen LogP contribution in [0.5, 0.6) is 0 Å². The molecule has 0 atom stereocenters. The molecule has 4 amide bonds. The third-order valence-electron chi connectivity index (χ3n) is 4.24. The van der Waals surface area contributed by atoms with Gasteiger partial charge in [-0.1, -0.05) is 0 Å². The Bertz CT molecular complexity index is 1020. The van der Waals surface area contributed by atoms with Crippen LogP contribution in [0.2, 0.25) is 0 Å². The van der Waals surface area contributed by atoms with E-state index < -0.39 is 18.5 Å². The van der Waals surface area contributed by atoms with E-state index in [1.807, 2.05) is 0 Å². The van der Waals surface area contributed by atoms with Crippen LogP contribution in [0, 0.1) is 0 Å². The Morgan fingerprint density at radius 3 is 2.16 bits per heavy atom. The van der Waals surface area contributed by atoms with Crippen molar-refractivity contribution in [2.75, 3.05) is 22.2 Å². The molecule has 3 rings (SSSR count). The lowest BCUT2D eigenvalue weighted by molar-refractivity contribution is -0.130. The highest BCUT2D eigenvalue weighted by molar-refractivity contribution is 6.01. The fourth-order valence-corrected chi connectivity index (χ4v) is 2.78. The minimum atomic E-state index is -0.711. The van der Waals surface area contributed by atoms with Gasteiger partial charge in [-0.25, -0.2) is 9.80 Å². The molecule has 2 aromatic carbocycles. The van der Waals surface area contributed by atoms with Gasteiger partial charge in [-0.3, -0.25) is 24.6 Å². The van der Waals surface area contributed by atoms with Crippen LogP contribution in [0.1, 0.15) is 30.1 Å².